The molecule has 1 aliphatic heterocycles. The van der Waals surface area contributed by atoms with Gasteiger partial charge in [0.25, 0.3) is 0 Å². The molecule has 0 bridgehead atoms. The molecule has 3 aromatic carbocycles. The Labute approximate surface area is 202 Å². The van der Waals surface area contributed by atoms with Gasteiger partial charge in [-0.25, -0.2) is 4.79 Å². The van der Waals surface area contributed by atoms with Crippen molar-refractivity contribution in [3.05, 3.63) is 97.0 Å². The van der Waals surface area contributed by atoms with Gasteiger partial charge in [-0.05, 0) is 64.1 Å². The summed E-state index contributed by atoms with van der Waals surface area (Å²) < 4.78 is 13.5. The summed E-state index contributed by atoms with van der Waals surface area (Å²) in [6, 6.07) is 21.2. The Bertz CT molecular complexity index is 1170. The normalized spacial score (nSPS) is 14.4. The number of carbonyl (C=O) groups excluding carboxylic acids is 1. The van der Waals surface area contributed by atoms with E-state index in [-0.39, 0.29) is 0 Å². The lowest BCUT2D eigenvalue weighted by Crippen LogP contribution is -2.07. The Kier molecular flexibility index (Phi) is 6.72. The number of rotatable bonds is 6. The highest BCUT2D eigenvalue weighted by Crippen LogP contribution is 2.35. The second-order valence-corrected chi connectivity index (χ2v) is 8.77. The fourth-order valence-corrected chi connectivity index (χ4v) is 4.13. The molecule has 31 heavy (non-hydrogen) atoms. The van der Waals surface area contributed by atoms with Crippen LogP contribution >= 0.6 is 38.5 Å². The van der Waals surface area contributed by atoms with Crippen LogP contribution in [0.3, 0.4) is 0 Å². The third-order valence-electron chi connectivity index (χ3n) is 4.60. The number of methoxy groups -OCH3 is 1. The predicted octanol–water partition coefficient (Wildman–Crippen LogP) is 5.99. The second-order valence-electron chi connectivity index (χ2n) is 6.69. The molecule has 5 nitrogen and oxygen atoms in total. The van der Waals surface area contributed by atoms with Gasteiger partial charge in [0.1, 0.15) is 12.3 Å². The lowest BCUT2D eigenvalue weighted by atomic mass is 10.0. The van der Waals surface area contributed by atoms with Crippen molar-refractivity contribution in [1.82, 2.24) is 0 Å². The number of hydrogen-bond donors (Lipinski definition) is 0. The lowest BCUT2D eigenvalue weighted by Gasteiger charge is -2.14. The zero-order valence-corrected chi connectivity index (χ0v) is 20.2. The topological polar surface area (TPSA) is 57.1 Å². The first kappa shape index (κ1) is 21.6. The summed E-state index contributed by atoms with van der Waals surface area (Å²) in [5.74, 6) is 0.753. The van der Waals surface area contributed by atoms with Gasteiger partial charge >= 0.3 is 5.97 Å². The van der Waals surface area contributed by atoms with E-state index in [0.29, 0.717) is 29.4 Å². The van der Waals surface area contributed by atoms with Crippen LogP contribution in [0.15, 0.2) is 81.9 Å². The summed E-state index contributed by atoms with van der Waals surface area (Å²) in [7, 11) is 1.59. The van der Waals surface area contributed by atoms with Gasteiger partial charge in [0.05, 0.1) is 16.3 Å². The molecule has 0 unspecified atom stereocenters. The van der Waals surface area contributed by atoms with Gasteiger partial charge in [-0.1, -0.05) is 63.6 Å². The highest BCUT2D eigenvalue weighted by molar-refractivity contribution is 14.1. The summed E-state index contributed by atoms with van der Waals surface area (Å²) in [6.07, 6.45) is 1.75. The van der Waals surface area contributed by atoms with Crippen molar-refractivity contribution >= 4 is 56.3 Å². The van der Waals surface area contributed by atoms with Gasteiger partial charge in [-0.3, -0.25) is 0 Å². The summed E-state index contributed by atoms with van der Waals surface area (Å²) in [4.78, 5) is 17.2. The number of benzene rings is 3. The van der Waals surface area contributed by atoms with E-state index in [0.717, 1.165) is 24.7 Å². The SMILES string of the molecule is COc1cc(/C=C2\C(=O)ON=C2c2ccccc2)cc(I)c1OCc1ccc(Br)cc1. The number of halogens is 2. The van der Waals surface area contributed by atoms with Gasteiger partial charge in [0, 0.05) is 10.0 Å². The van der Waals surface area contributed by atoms with E-state index >= 15 is 0 Å². The number of oxime groups is 1. The van der Waals surface area contributed by atoms with E-state index in [2.05, 4.69) is 43.7 Å². The molecule has 7 heteroatoms. The first-order chi connectivity index (χ1) is 15.0. The van der Waals surface area contributed by atoms with Gasteiger partial charge in [0.2, 0.25) is 0 Å². The van der Waals surface area contributed by atoms with Crippen molar-refractivity contribution in [3.63, 3.8) is 0 Å². The zero-order valence-electron chi connectivity index (χ0n) is 16.5. The van der Waals surface area contributed by atoms with Crippen LogP contribution in [0.25, 0.3) is 6.08 Å². The molecule has 0 saturated carbocycles. The first-order valence-electron chi connectivity index (χ1n) is 9.37. The van der Waals surface area contributed by atoms with Crippen LogP contribution in [0.2, 0.25) is 0 Å². The van der Waals surface area contributed by atoms with Crippen LogP contribution in [0.5, 0.6) is 11.5 Å². The molecule has 4 rings (SSSR count). The molecule has 0 aliphatic carbocycles. The minimum Gasteiger partial charge on any atom is -0.493 e. The smallest absolute Gasteiger partial charge is 0.368 e. The van der Waals surface area contributed by atoms with Crippen LogP contribution in [0.4, 0.5) is 0 Å². The Hall–Kier alpha value is -2.65. The molecule has 0 saturated heterocycles. The number of hydrogen-bond acceptors (Lipinski definition) is 5. The molecular formula is C24H17BrINO4. The number of nitrogens with zero attached hydrogens (tertiary/aromatic N) is 1. The van der Waals surface area contributed by atoms with Crippen molar-refractivity contribution in [2.45, 2.75) is 6.61 Å². The fourth-order valence-electron chi connectivity index (χ4n) is 3.08. The molecule has 1 aliphatic rings. The predicted molar refractivity (Wildman–Crippen MR) is 131 cm³/mol. The van der Waals surface area contributed by atoms with Gasteiger partial charge in [-0.15, -0.1) is 0 Å². The maximum absolute atomic E-state index is 12.3. The molecule has 0 spiro atoms. The second kappa shape index (κ2) is 9.65. The highest BCUT2D eigenvalue weighted by atomic mass is 127. The Morgan fingerprint density at radius 3 is 2.55 bits per heavy atom. The van der Waals surface area contributed by atoms with Crippen molar-refractivity contribution in [2.75, 3.05) is 7.11 Å². The van der Waals surface area contributed by atoms with E-state index in [1.54, 1.807) is 13.2 Å². The maximum atomic E-state index is 12.3. The molecule has 0 fully saturated rings. The third kappa shape index (κ3) is 4.99. The number of carbonyl (C=O) groups is 1. The average molecular weight is 590 g/mol. The largest absolute Gasteiger partial charge is 0.493 e. The minimum atomic E-state index is -0.483. The summed E-state index contributed by atoms with van der Waals surface area (Å²) in [6.45, 7) is 0.414. The van der Waals surface area contributed by atoms with Crippen LogP contribution < -0.4 is 9.47 Å². The van der Waals surface area contributed by atoms with E-state index in [4.69, 9.17) is 14.3 Å². The van der Waals surface area contributed by atoms with Gasteiger partial charge in [0.15, 0.2) is 11.5 Å². The summed E-state index contributed by atoms with van der Waals surface area (Å²) in [5, 5.41) is 3.95. The van der Waals surface area contributed by atoms with Crippen LogP contribution in [0.1, 0.15) is 16.7 Å². The van der Waals surface area contributed by atoms with E-state index < -0.39 is 5.97 Å². The van der Waals surface area contributed by atoms with Gasteiger partial charge in [-0.2, -0.15) is 0 Å². The summed E-state index contributed by atoms with van der Waals surface area (Å²) in [5.41, 5.74) is 3.55. The van der Waals surface area contributed by atoms with Gasteiger partial charge < -0.3 is 14.3 Å². The zero-order chi connectivity index (χ0) is 21.8. The highest BCUT2D eigenvalue weighted by Gasteiger charge is 2.27. The fraction of sp³-hybridized carbons (Fsp3) is 0.0833. The van der Waals surface area contributed by atoms with E-state index in [1.165, 1.54) is 0 Å². The van der Waals surface area contributed by atoms with Crippen LogP contribution in [0, 0.1) is 3.57 Å². The summed E-state index contributed by atoms with van der Waals surface area (Å²) >= 11 is 5.64. The maximum Gasteiger partial charge on any atom is 0.368 e. The van der Waals surface area contributed by atoms with Crippen molar-refractivity contribution in [1.29, 1.82) is 0 Å². The monoisotopic (exact) mass is 589 g/mol. The molecule has 0 aromatic heterocycles. The van der Waals surface area contributed by atoms with Crippen molar-refractivity contribution < 1.29 is 19.1 Å². The molecule has 0 radical (unpaired) electrons. The quantitative estimate of drug-likeness (QED) is 0.201. The minimum absolute atomic E-state index is 0.396. The Morgan fingerprint density at radius 1 is 1.10 bits per heavy atom. The molecule has 1 heterocycles. The average Bonchev–Trinajstić information content (AvgIpc) is 3.14. The van der Waals surface area contributed by atoms with E-state index in [9.17, 15) is 4.79 Å². The molecule has 3 aromatic rings. The third-order valence-corrected chi connectivity index (χ3v) is 5.93. The molecular weight excluding hydrogens is 573 g/mol. The Morgan fingerprint density at radius 2 is 1.84 bits per heavy atom. The molecule has 0 atom stereocenters. The number of ether oxygens (including phenoxy) is 2. The van der Waals surface area contributed by atoms with Crippen molar-refractivity contribution in [3.8, 4) is 11.5 Å². The van der Waals surface area contributed by atoms with Crippen LogP contribution in [-0.4, -0.2) is 18.8 Å². The molecule has 0 amide bonds. The van der Waals surface area contributed by atoms with Crippen molar-refractivity contribution in [2.24, 2.45) is 5.16 Å². The van der Waals surface area contributed by atoms with E-state index in [1.807, 2.05) is 66.7 Å². The lowest BCUT2D eigenvalue weighted by molar-refractivity contribution is -0.136. The first-order valence-corrected chi connectivity index (χ1v) is 11.2. The van der Waals surface area contributed by atoms with Crippen LogP contribution in [-0.2, 0) is 16.2 Å². The molecule has 0 N–H and O–H groups in total. The Balaban J connectivity index is 1.62. The molecule has 156 valence electrons. The standard InChI is InChI=1S/C24H17BrINO4/c1-29-21-13-16(11-19-22(27-31-24(19)28)17-5-3-2-4-6-17)12-20(26)23(21)30-14-15-7-9-18(25)10-8-15/h2-13H,14H2,1H3/b19-11-.